The van der Waals surface area contributed by atoms with Crippen molar-refractivity contribution in [2.75, 3.05) is 9.80 Å². The molecule has 59 heavy (non-hydrogen) atoms. The van der Waals surface area contributed by atoms with E-state index in [2.05, 4.69) is 202 Å². The van der Waals surface area contributed by atoms with Crippen molar-refractivity contribution in [3.05, 3.63) is 212 Å². The number of furan rings is 1. The molecule has 0 atom stereocenters. The lowest BCUT2D eigenvalue weighted by Crippen LogP contribution is -2.17. The summed E-state index contributed by atoms with van der Waals surface area (Å²) in [6.45, 7) is 0. The van der Waals surface area contributed by atoms with E-state index in [1.807, 2.05) is 24.3 Å². The largest absolute Gasteiger partial charge is 0.456 e. The summed E-state index contributed by atoms with van der Waals surface area (Å²) in [5.41, 5.74) is 13.5. The van der Waals surface area contributed by atoms with E-state index in [-0.39, 0.29) is 0 Å². The van der Waals surface area contributed by atoms with Crippen molar-refractivity contribution in [3.63, 3.8) is 0 Å². The third-order valence-corrected chi connectivity index (χ3v) is 11.5. The third kappa shape index (κ3) is 5.40. The fourth-order valence-electron chi connectivity index (χ4n) is 8.87. The number of fused-ring (bicyclic) bond motifs is 8. The standard InChI is InChI=1S/C54H35N3O2/c1-3-14-36(15-4-1)37-16-13-19-39(32-37)55(40-27-30-48-46(33-40)43-20-7-9-22-47(43)56(48)38-17-5-2-6-18-38)41-28-31-50-54(35-41)59-52-25-12-10-23-49(52)57(50)42-26-29-45-44-21-8-11-24-51(44)58-53(45)34-42/h1-35H. The first-order valence-corrected chi connectivity index (χ1v) is 19.9. The van der Waals surface area contributed by atoms with Crippen molar-refractivity contribution in [2.45, 2.75) is 0 Å². The Kier molecular flexibility index (Phi) is 7.47. The van der Waals surface area contributed by atoms with Gasteiger partial charge in [0.2, 0.25) is 0 Å². The van der Waals surface area contributed by atoms with Crippen molar-refractivity contribution in [1.82, 2.24) is 4.57 Å². The molecule has 0 bridgehead atoms. The average Bonchev–Trinajstić information content (AvgIpc) is 3.84. The number of nitrogens with zero attached hydrogens (tertiary/aromatic N) is 3. The molecule has 0 N–H and O–H groups in total. The highest BCUT2D eigenvalue weighted by Gasteiger charge is 2.28. The molecule has 12 rings (SSSR count). The molecule has 5 nitrogen and oxygen atoms in total. The smallest absolute Gasteiger partial charge is 0.153 e. The first-order chi connectivity index (χ1) is 29.2. The Morgan fingerprint density at radius 3 is 1.92 bits per heavy atom. The van der Waals surface area contributed by atoms with Crippen molar-refractivity contribution < 1.29 is 9.15 Å². The minimum Gasteiger partial charge on any atom is -0.456 e. The highest BCUT2D eigenvalue weighted by molar-refractivity contribution is 6.11. The van der Waals surface area contributed by atoms with E-state index in [0.29, 0.717) is 0 Å². The Labute approximate surface area is 340 Å². The Morgan fingerprint density at radius 1 is 0.356 bits per heavy atom. The van der Waals surface area contributed by atoms with Crippen molar-refractivity contribution in [1.29, 1.82) is 0 Å². The predicted molar refractivity (Wildman–Crippen MR) is 243 cm³/mol. The maximum atomic E-state index is 6.81. The fourth-order valence-corrected chi connectivity index (χ4v) is 8.87. The summed E-state index contributed by atoms with van der Waals surface area (Å²) in [4.78, 5) is 4.62. The van der Waals surface area contributed by atoms with Gasteiger partial charge < -0.3 is 23.5 Å². The van der Waals surface area contributed by atoms with E-state index in [1.165, 1.54) is 16.3 Å². The third-order valence-electron chi connectivity index (χ3n) is 11.5. The van der Waals surface area contributed by atoms with Gasteiger partial charge in [0.05, 0.1) is 28.1 Å². The number of anilines is 6. The zero-order valence-electron chi connectivity index (χ0n) is 31.9. The molecule has 0 radical (unpaired) electrons. The van der Waals surface area contributed by atoms with Crippen LogP contribution in [0.2, 0.25) is 0 Å². The number of para-hydroxylation sites is 5. The Hall–Kier alpha value is -8.02. The highest BCUT2D eigenvalue weighted by Crippen LogP contribution is 2.53. The van der Waals surface area contributed by atoms with Crippen LogP contribution >= 0.6 is 0 Å². The summed E-state index contributed by atoms with van der Waals surface area (Å²) in [6, 6.07) is 74.9. The van der Waals surface area contributed by atoms with Gasteiger partial charge in [0, 0.05) is 56.4 Å². The van der Waals surface area contributed by atoms with Gasteiger partial charge in [-0.2, -0.15) is 0 Å². The molecule has 0 saturated carbocycles. The van der Waals surface area contributed by atoms with Crippen molar-refractivity contribution in [2.24, 2.45) is 0 Å². The molecule has 1 aliphatic rings. The second-order valence-electron chi connectivity index (χ2n) is 15.0. The molecule has 1 aliphatic heterocycles. The molecule has 0 spiro atoms. The first-order valence-electron chi connectivity index (χ1n) is 19.9. The quantitative estimate of drug-likeness (QED) is 0.169. The summed E-state index contributed by atoms with van der Waals surface area (Å²) >= 11 is 0. The number of hydrogen-bond acceptors (Lipinski definition) is 4. The molecule has 0 fully saturated rings. The van der Waals surface area contributed by atoms with Crippen LogP contribution in [0, 0.1) is 0 Å². The lowest BCUT2D eigenvalue weighted by molar-refractivity contribution is 0.477. The van der Waals surface area contributed by atoms with E-state index in [9.17, 15) is 0 Å². The minimum atomic E-state index is 0.761. The van der Waals surface area contributed by atoms with E-state index >= 15 is 0 Å². The molecule has 278 valence electrons. The van der Waals surface area contributed by atoms with Gasteiger partial charge in [0.1, 0.15) is 11.2 Å². The van der Waals surface area contributed by atoms with E-state index in [0.717, 1.165) is 89.9 Å². The lowest BCUT2D eigenvalue weighted by atomic mass is 10.0. The number of aromatic nitrogens is 1. The summed E-state index contributed by atoms with van der Waals surface area (Å²) in [6.07, 6.45) is 0. The molecule has 5 heteroatoms. The Balaban J connectivity index is 1.04. The Morgan fingerprint density at radius 2 is 1.02 bits per heavy atom. The van der Waals surface area contributed by atoms with E-state index in [1.54, 1.807) is 0 Å². The van der Waals surface area contributed by atoms with Gasteiger partial charge in [0.15, 0.2) is 11.5 Å². The van der Waals surface area contributed by atoms with Crippen LogP contribution < -0.4 is 14.5 Å². The van der Waals surface area contributed by atoms with Crippen LogP contribution in [-0.4, -0.2) is 4.57 Å². The fraction of sp³-hybridized carbons (Fsp3) is 0. The normalized spacial score (nSPS) is 12.2. The predicted octanol–water partition coefficient (Wildman–Crippen LogP) is 15.4. The van der Waals surface area contributed by atoms with Gasteiger partial charge in [-0.3, -0.25) is 0 Å². The van der Waals surface area contributed by atoms with Gasteiger partial charge in [-0.25, -0.2) is 0 Å². The summed E-state index contributed by atoms with van der Waals surface area (Å²) in [7, 11) is 0. The second kappa shape index (κ2) is 13.3. The van der Waals surface area contributed by atoms with Gasteiger partial charge in [0.25, 0.3) is 0 Å². The topological polar surface area (TPSA) is 33.8 Å². The van der Waals surface area contributed by atoms with Crippen LogP contribution in [0.15, 0.2) is 217 Å². The molecule has 0 saturated heterocycles. The highest BCUT2D eigenvalue weighted by atomic mass is 16.5. The molecule has 3 heterocycles. The monoisotopic (exact) mass is 757 g/mol. The van der Waals surface area contributed by atoms with Crippen LogP contribution in [0.3, 0.4) is 0 Å². The molecular formula is C54H35N3O2. The van der Waals surface area contributed by atoms with Crippen LogP contribution in [0.1, 0.15) is 0 Å². The molecule has 0 amide bonds. The molecule has 0 aliphatic carbocycles. The number of benzene rings is 9. The van der Waals surface area contributed by atoms with E-state index in [4.69, 9.17) is 9.15 Å². The average molecular weight is 758 g/mol. The first kappa shape index (κ1) is 33.2. The van der Waals surface area contributed by atoms with Gasteiger partial charge >= 0.3 is 0 Å². The Bertz CT molecular complexity index is 3380. The lowest BCUT2D eigenvalue weighted by Gasteiger charge is -2.34. The maximum absolute atomic E-state index is 6.81. The zero-order valence-corrected chi connectivity index (χ0v) is 31.9. The number of hydrogen-bond donors (Lipinski definition) is 0. The van der Waals surface area contributed by atoms with Crippen LogP contribution in [0.4, 0.5) is 34.1 Å². The second-order valence-corrected chi connectivity index (χ2v) is 15.0. The van der Waals surface area contributed by atoms with Crippen molar-refractivity contribution in [3.8, 4) is 28.3 Å². The molecule has 0 unspecified atom stereocenters. The van der Waals surface area contributed by atoms with Crippen LogP contribution in [0.25, 0.3) is 60.6 Å². The maximum Gasteiger partial charge on any atom is 0.153 e. The van der Waals surface area contributed by atoms with Gasteiger partial charge in [-0.15, -0.1) is 0 Å². The molecule has 11 aromatic rings. The van der Waals surface area contributed by atoms with Crippen LogP contribution in [0.5, 0.6) is 11.5 Å². The van der Waals surface area contributed by atoms with Gasteiger partial charge in [-0.05, 0) is 102 Å². The number of rotatable bonds is 6. The minimum absolute atomic E-state index is 0.761. The zero-order chi connectivity index (χ0) is 38.9. The summed E-state index contributed by atoms with van der Waals surface area (Å²) in [5, 5.41) is 4.59. The molecule has 2 aromatic heterocycles. The van der Waals surface area contributed by atoms with Gasteiger partial charge in [-0.1, -0.05) is 109 Å². The summed E-state index contributed by atoms with van der Waals surface area (Å²) < 4.78 is 15.5. The molecule has 9 aromatic carbocycles. The summed E-state index contributed by atoms with van der Waals surface area (Å²) in [5.74, 6) is 1.55. The van der Waals surface area contributed by atoms with E-state index < -0.39 is 0 Å². The number of ether oxygens (including phenoxy) is 1. The SMILES string of the molecule is c1ccc(-c2cccc(N(c3ccc4c(c3)Oc3ccccc3N4c3ccc4c(c3)oc3ccccc34)c3ccc4c(c3)c3ccccc3n4-c3ccccc3)c2)cc1. The van der Waals surface area contributed by atoms with Crippen LogP contribution in [-0.2, 0) is 0 Å². The molecular weight excluding hydrogens is 723 g/mol. The van der Waals surface area contributed by atoms with Crippen molar-refractivity contribution >= 4 is 77.9 Å².